The molecule has 0 saturated carbocycles. The van der Waals surface area contributed by atoms with Crippen LogP contribution in [0.5, 0.6) is 11.5 Å². The van der Waals surface area contributed by atoms with Crippen LogP contribution in [0.15, 0.2) is 23.3 Å². The highest BCUT2D eigenvalue weighted by atomic mass is 16.7. The molecule has 0 spiro atoms. The first kappa shape index (κ1) is 23.5. The van der Waals surface area contributed by atoms with Gasteiger partial charge < -0.3 is 19.3 Å². The fourth-order valence-electron chi connectivity index (χ4n) is 3.39. The van der Waals surface area contributed by atoms with E-state index in [-0.39, 0.29) is 34.8 Å². The van der Waals surface area contributed by atoms with Crippen LogP contribution in [0, 0.1) is 6.92 Å². The number of rotatable bonds is 7. The Bertz CT molecular complexity index is 901. The van der Waals surface area contributed by atoms with Crippen LogP contribution in [0.25, 0.3) is 0 Å². The molecule has 1 aromatic rings. The first-order valence-corrected chi connectivity index (χ1v) is 10.2. The molecule has 0 saturated heterocycles. The highest BCUT2D eigenvalue weighted by Gasteiger charge is 2.40. The van der Waals surface area contributed by atoms with E-state index in [0.29, 0.717) is 12.0 Å². The highest BCUT2D eigenvalue weighted by Crippen LogP contribution is 2.44. The molecule has 1 aliphatic rings. The second kappa shape index (κ2) is 9.37. The number of carbonyl (C=O) groups is 2. The topological polar surface area (TPSA) is 82.1 Å². The van der Waals surface area contributed by atoms with E-state index in [1.165, 1.54) is 5.57 Å². The minimum atomic E-state index is -1.18. The number of hydrogen-bond acceptors (Lipinski definition) is 6. The third-order valence-corrected chi connectivity index (χ3v) is 4.89. The van der Waals surface area contributed by atoms with Crippen LogP contribution in [-0.4, -0.2) is 29.4 Å². The number of aromatic hydroxyl groups is 1. The van der Waals surface area contributed by atoms with Gasteiger partial charge in [0.1, 0.15) is 22.6 Å². The molecule has 0 unspecified atom stereocenters. The summed E-state index contributed by atoms with van der Waals surface area (Å²) in [7, 11) is 0. The van der Waals surface area contributed by atoms with E-state index in [0.717, 1.165) is 18.4 Å². The van der Waals surface area contributed by atoms with Gasteiger partial charge in [-0.2, -0.15) is 0 Å². The van der Waals surface area contributed by atoms with Crippen molar-refractivity contribution in [2.75, 3.05) is 6.61 Å². The Morgan fingerprint density at radius 3 is 2.43 bits per heavy atom. The number of benzene rings is 1. The minimum Gasteiger partial charge on any atom is -0.507 e. The summed E-state index contributed by atoms with van der Waals surface area (Å²) in [5.41, 5.74) is 3.19. The lowest BCUT2D eigenvalue weighted by Crippen LogP contribution is -2.40. The van der Waals surface area contributed by atoms with Crippen LogP contribution in [0.2, 0.25) is 0 Å². The highest BCUT2D eigenvalue weighted by molar-refractivity contribution is 6.03. The van der Waals surface area contributed by atoms with Gasteiger partial charge in [0.25, 0.3) is 0 Å². The van der Waals surface area contributed by atoms with Crippen molar-refractivity contribution in [3.05, 3.63) is 45.6 Å². The van der Waals surface area contributed by atoms with Gasteiger partial charge in [-0.05, 0) is 59.4 Å². The minimum absolute atomic E-state index is 0.0264. The molecule has 6 heteroatoms. The van der Waals surface area contributed by atoms with Gasteiger partial charge in [-0.25, -0.2) is 9.59 Å². The molecule has 0 aliphatic carbocycles. The molecule has 1 N–H and O–H groups in total. The molecule has 0 aromatic heterocycles. The van der Waals surface area contributed by atoms with Crippen molar-refractivity contribution in [2.45, 2.75) is 73.5 Å². The zero-order chi connectivity index (χ0) is 22.6. The van der Waals surface area contributed by atoms with Crippen molar-refractivity contribution in [2.24, 2.45) is 0 Å². The molecule has 0 fully saturated rings. The van der Waals surface area contributed by atoms with Gasteiger partial charge in [-0.1, -0.05) is 23.3 Å². The number of phenolic OH excluding ortho intramolecular Hbond substituents is 1. The van der Waals surface area contributed by atoms with Crippen molar-refractivity contribution in [1.82, 2.24) is 0 Å². The summed E-state index contributed by atoms with van der Waals surface area (Å²) in [5.74, 6) is -2.41. The number of cyclic esters (lactones) is 1. The Morgan fingerprint density at radius 2 is 1.83 bits per heavy atom. The average Bonchev–Trinajstić information content (AvgIpc) is 2.59. The normalized spacial score (nSPS) is 15.0. The summed E-state index contributed by atoms with van der Waals surface area (Å²) in [6.45, 7) is 12.8. The Balaban J connectivity index is 2.56. The second-order valence-electron chi connectivity index (χ2n) is 8.22. The zero-order valence-corrected chi connectivity index (χ0v) is 19.0. The number of allylic oxidation sites excluding steroid dienone is 4. The van der Waals surface area contributed by atoms with E-state index in [4.69, 9.17) is 14.2 Å². The van der Waals surface area contributed by atoms with Crippen LogP contribution >= 0.6 is 0 Å². The van der Waals surface area contributed by atoms with Crippen LogP contribution in [-0.2, 0) is 15.9 Å². The molecule has 0 atom stereocenters. The van der Waals surface area contributed by atoms with Crippen LogP contribution in [0.3, 0.4) is 0 Å². The van der Waals surface area contributed by atoms with E-state index in [1.54, 1.807) is 27.7 Å². The quantitative estimate of drug-likeness (QED) is 0.473. The largest absolute Gasteiger partial charge is 0.507 e. The van der Waals surface area contributed by atoms with Crippen molar-refractivity contribution in [3.63, 3.8) is 0 Å². The van der Waals surface area contributed by atoms with Crippen molar-refractivity contribution >= 4 is 11.9 Å². The summed E-state index contributed by atoms with van der Waals surface area (Å²) < 4.78 is 16.4. The van der Waals surface area contributed by atoms with Gasteiger partial charge in [0.2, 0.25) is 5.79 Å². The number of phenols is 1. The number of fused-ring (bicyclic) bond motifs is 1. The average molecular weight is 417 g/mol. The maximum absolute atomic E-state index is 12.7. The van der Waals surface area contributed by atoms with Gasteiger partial charge in [-0.15, -0.1) is 0 Å². The third kappa shape index (κ3) is 5.23. The lowest BCUT2D eigenvalue weighted by Gasteiger charge is -2.34. The van der Waals surface area contributed by atoms with Crippen molar-refractivity contribution in [3.8, 4) is 11.5 Å². The lowest BCUT2D eigenvalue weighted by atomic mass is 9.92. The molecule has 1 aromatic carbocycles. The van der Waals surface area contributed by atoms with Gasteiger partial charge in [-0.3, -0.25) is 0 Å². The predicted octanol–water partition coefficient (Wildman–Crippen LogP) is 5.40. The van der Waals surface area contributed by atoms with Gasteiger partial charge in [0.15, 0.2) is 0 Å². The van der Waals surface area contributed by atoms with Crippen LogP contribution in [0.4, 0.5) is 0 Å². The molecular weight excluding hydrogens is 384 g/mol. The van der Waals surface area contributed by atoms with E-state index in [1.807, 2.05) is 13.0 Å². The molecule has 0 amide bonds. The summed E-state index contributed by atoms with van der Waals surface area (Å²) in [5, 5.41) is 11.0. The fraction of sp³-hybridized carbons (Fsp3) is 0.500. The predicted molar refractivity (Wildman–Crippen MR) is 115 cm³/mol. The standard InChI is InChI=1S/C24H32O6/c1-8-28-22(26)18-16(5)19-21(29-24(6,7)30-23(19)27)17(20(18)25)13-12-15(4)11-9-10-14(2)3/h10,12,25H,8-9,11,13H2,1-7H3/b15-12+. The molecule has 0 radical (unpaired) electrons. The number of hydrogen-bond donors (Lipinski definition) is 1. The van der Waals surface area contributed by atoms with Gasteiger partial charge >= 0.3 is 11.9 Å². The molecule has 2 rings (SSSR count). The monoisotopic (exact) mass is 416 g/mol. The Labute approximate surface area is 178 Å². The van der Waals surface area contributed by atoms with E-state index in [2.05, 4.69) is 19.9 Å². The SMILES string of the molecule is CCOC(=O)c1c(C)c2c(c(C/C=C(\C)CCC=C(C)C)c1O)OC(C)(C)OC2=O. The van der Waals surface area contributed by atoms with E-state index < -0.39 is 17.7 Å². The summed E-state index contributed by atoms with van der Waals surface area (Å²) >= 11 is 0. The first-order chi connectivity index (χ1) is 14.0. The Kier molecular flexibility index (Phi) is 7.34. The van der Waals surface area contributed by atoms with Crippen LogP contribution < -0.4 is 4.74 Å². The van der Waals surface area contributed by atoms with E-state index >= 15 is 0 Å². The molecule has 164 valence electrons. The van der Waals surface area contributed by atoms with Gasteiger partial charge in [0.05, 0.1) is 6.61 Å². The zero-order valence-electron chi connectivity index (χ0n) is 19.0. The molecule has 30 heavy (non-hydrogen) atoms. The summed E-state index contributed by atoms with van der Waals surface area (Å²) in [6, 6.07) is 0. The Morgan fingerprint density at radius 1 is 1.17 bits per heavy atom. The second-order valence-corrected chi connectivity index (χ2v) is 8.22. The molecular formula is C24H32O6. The van der Waals surface area contributed by atoms with E-state index in [9.17, 15) is 14.7 Å². The summed E-state index contributed by atoms with van der Waals surface area (Å²) in [6.07, 6.45) is 6.26. The van der Waals surface area contributed by atoms with Crippen molar-refractivity contribution in [1.29, 1.82) is 0 Å². The third-order valence-electron chi connectivity index (χ3n) is 4.89. The molecule has 6 nitrogen and oxygen atoms in total. The molecule has 1 aliphatic heterocycles. The smallest absolute Gasteiger partial charge is 0.345 e. The number of esters is 2. The lowest BCUT2D eigenvalue weighted by molar-refractivity contribution is -0.127. The maximum Gasteiger partial charge on any atom is 0.345 e. The molecule has 1 heterocycles. The maximum atomic E-state index is 12.7. The van der Waals surface area contributed by atoms with Crippen LogP contribution in [0.1, 0.15) is 86.2 Å². The summed E-state index contributed by atoms with van der Waals surface area (Å²) in [4.78, 5) is 25.2. The van der Waals surface area contributed by atoms with Crippen molar-refractivity contribution < 1.29 is 28.9 Å². The Hall–Kier alpha value is -2.76. The van der Waals surface area contributed by atoms with Gasteiger partial charge in [0, 0.05) is 19.4 Å². The molecule has 0 bridgehead atoms. The fourth-order valence-corrected chi connectivity index (χ4v) is 3.39. The number of carbonyl (C=O) groups excluding carboxylic acids is 2. The first-order valence-electron chi connectivity index (χ1n) is 10.2. The number of ether oxygens (including phenoxy) is 3.